The van der Waals surface area contributed by atoms with Crippen molar-refractivity contribution < 1.29 is 9.13 Å². The maximum atomic E-state index is 14.0. The van der Waals surface area contributed by atoms with Crippen LogP contribution in [0.5, 0.6) is 5.75 Å². The quantitative estimate of drug-likeness (QED) is 0.830. The lowest BCUT2D eigenvalue weighted by molar-refractivity contribution is 0.381. The van der Waals surface area contributed by atoms with Crippen molar-refractivity contribution in [2.75, 3.05) is 13.7 Å². The van der Waals surface area contributed by atoms with Crippen molar-refractivity contribution >= 4 is 0 Å². The molecule has 0 saturated heterocycles. The maximum absolute atomic E-state index is 14.0. The minimum atomic E-state index is -0.283. The molecule has 1 aromatic carbocycles. The summed E-state index contributed by atoms with van der Waals surface area (Å²) < 4.78 is 19.1. The highest BCUT2D eigenvalue weighted by atomic mass is 19.1. The zero-order valence-electron chi connectivity index (χ0n) is 14.1. The molecule has 1 aliphatic carbocycles. The summed E-state index contributed by atoms with van der Waals surface area (Å²) in [4.78, 5) is 0. The molecular weight excluding hydrogens is 265 g/mol. The Labute approximate surface area is 128 Å². The minimum Gasteiger partial charge on any atom is -0.494 e. The lowest BCUT2D eigenvalue weighted by Crippen LogP contribution is -2.26. The minimum absolute atomic E-state index is 0.190. The lowest BCUT2D eigenvalue weighted by atomic mass is 9.96. The highest BCUT2D eigenvalue weighted by Gasteiger charge is 2.67. The fourth-order valence-corrected chi connectivity index (χ4v) is 3.68. The molecule has 3 heteroatoms. The average Bonchev–Trinajstić information content (AvgIpc) is 2.82. The molecule has 0 bridgehead atoms. The number of nitrogens with one attached hydrogen (secondary N) is 1. The lowest BCUT2D eigenvalue weighted by Gasteiger charge is -2.22. The van der Waals surface area contributed by atoms with Crippen molar-refractivity contribution in [3.63, 3.8) is 0 Å². The first-order chi connectivity index (χ1) is 9.77. The van der Waals surface area contributed by atoms with Crippen molar-refractivity contribution in [3.8, 4) is 5.75 Å². The Hall–Kier alpha value is -1.09. The molecule has 1 N–H and O–H groups in total. The van der Waals surface area contributed by atoms with Crippen LogP contribution < -0.4 is 10.1 Å². The number of hydrogen-bond donors (Lipinski definition) is 1. The van der Waals surface area contributed by atoms with Crippen molar-refractivity contribution in [1.82, 2.24) is 5.32 Å². The van der Waals surface area contributed by atoms with E-state index in [1.165, 1.54) is 7.11 Å². The second kappa shape index (κ2) is 5.60. The zero-order valence-corrected chi connectivity index (χ0v) is 14.1. The Bertz CT molecular complexity index is 496. The number of benzene rings is 1. The number of ether oxygens (including phenoxy) is 1. The zero-order chi connectivity index (χ0) is 15.8. The topological polar surface area (TPSA) is 21.3 Å². The van der Waals surface area contributed by atoms with E-state index in [0.717, 1.165) is 18.5 Å². The normalized spacial score (nSPS) is 21.1. The van der Waals surface area contributed by atoms with E-state index in [9.17, 15) is 4.39 Å². The third kappa shape index (κ3) is 2.68. The standard InChI is InChI=1S/C18H28FNO/c1-7-10-20-15(16-17(2,3)18(16,4)5)12-8-9-14(21-6)13(19)11-12/h8-9,11,15-16,20H,7,10H2,1-6H3. The highest BCUT2D eigenvalue weighted by molar-refractivity contribution is 5.34. The van der Waals surface area contributed by atoms with Crippen LogP contribution in [0, 0.1) is 22.6 Å². The van der Waals surface area contributed by atoms with E-state index in [0.29, 0.717) is 11.7 Å². The fraction of sp³-hybridized carbons (Fsp3) is 0.667. The first kappa shape index (κ1) is 16.3. The van der Waals surface area contributed by atoms with Crippen LogP contribution in [0.3, 0.4) is 0 Å². The summed E-state index contributed by atoms with van der Waals surface area (Å²) in [5.41, 5.74) is 1.54. The van der Waals surface area contributed by atoms with Crippen molar-refractivity contribution in [2.24, 2.45) is 16.7 Å². The van der Waals surface area contributed by atoms with Gasteiger partial charge in [-0.1, -0.05) is 40.7 Å². The van der Waals surface area contributed by atoms with Gasteiger partial charge in [-0.3, -0.25) is 0 Å². The van der Waals surface area contributed by atoms with Crippen LogP contribution >= 0.6 is 0 Å². The van der Waals surface area contributed by atoms with Crippen molar-refractivity contribution in [1.29, 1.82) is 0 Å². The predicted molar refractivity (Wildman–Crippen MR) is 85.0 cm³/mol. The monoisotopic (exact) mass is 293 g/mol. The van der Waals surface area contributed by atoms with Gasteiger partial charge in [0.25, 0.3) is 0 Å². The van der Waals surface area contributed by atoms with Crippen LogP contribution in [0.2, 0.25) is 0 Å². The number of halogens is 1. The molecule has 1 fully saturated rings. The molecule has 0 radical (unpaired) electrons. The molecule has 0 aliphatic heterocycles. The van der Waals surface area contributed by atoms with Gasteiger partial charge in [-0.15, -0.1) is 0 Å². The van der Waals surface area contributed by atoms with Gasteiger partial charge >= 0.3 is 0 Å². The van der Waals surface area contributed by atoms with Gasteiger partial charge in [-0.25, -0.2) is 4.39 Å². The second-order valence-corrected chi connectivity index (χ2v) is 7.25. The molecule has 1 aliphatic rings. The largest absolute Gasteiger partial charge is 0.494 e. The third-order valence-corrected chi connectivity index (χ3v) is 5.61. The van der Waals surface area contributed by atoms with Crippen LogP contribution in [-0.4, -0.2) is 13.7 Å². The van der Waals surface area contributed by atoms with E-state index < -0.39 is 0 Å². The Kier molecular flexibility index (Phi) is 4.34. The molecule has 1 saturated carbocycles. The number of rotatable bonds is 6. The van der Waals surface area contributed by atoms with E-state index in [2.05, 4.69) is 39.9 Å². The van der Waals surface area contributed by atoms with Gasteiger partial charge in [-0.05, 0) is 47.4 Å². The molecule has 0 heterocycles. The average molecular weight is 293 g/mol. The first-order valence-electron chi connectivity index (χ1n) is 7.84. The Morgan fingerprint density at radius 3 is 2.29 bits per heavy atom. The fourth-order valence-electron chi connectivity index (χ4n) is 3.68. The van der Waals surface area contributed by atoms with E-state index in [4.69, 9.17) is 4.74 Å². The van der Waals surface area contributed by atoms with Crippen LogP contribution in [0.1, 0.15) is 52.6 Å². The molecule has 1 aromatic rings. The predicted octanol–water partition coefficient (Wildman–Crippen LogP) is 4.56. The van der Waals surface area contributed by atoms with Crippen molar-refractivity contribution in [2.45, 2.75) is 47.1 Å². The highest BCUT2D eigenvalue weighted by Crippen LogP contribution is 2.72. The van der Waals surface area contributed by atoms with Gasteiger partial charge in [-0.2, -0.15) is 0 Å². The summed E-state index contributed by atoms with van der Waals surface area (Å²) in [6.07, 6.45) is 1.07. The maximum Gasteiger partial charge on any atom is 0.165 e. The van der Waals surface area contributed by atoms with E-state index in [-0.39, 0.29) is 22.7 Å². The van der Waals surface area contributed by atoms with Gasteiger partial charge < -0.3 is 10.1 Å². The van der Waals surface area contributed by atoms with Crippen LogP contribution in [0.15, 0.2) is 18.2 Å². The van der Waals surface area contributed by atoms with Gasteiger partial charge in [0.15, 0.2) is 11.6 Å². The molecule has 2 nitrogen and oxygen atoms in total. The molecule has 0 amide bonds. The van der Waals surface area contributed by atoms with Gasteiger partial charge in [0.2, 0.25) is 0 Å². The summed E-state index contributed by atoms with van der Waals surface area (Å²) in [6.45, 7) is 12.3. The SMILES string of the molecule is CCCNC(c1ccc(OC)c(F)c1)C1C(C)(C)C1(C)C. The second-order valence-electron chi connectivity index (χ2n) is 7.25. The molecule has 0 aromatic heterocycles. The Balaban J connectivity index is 2.31. The number of hydrogen-bond acceptors (Lipinski definition) is 2. The van der Waals surface area contributed by atoms with E-state index in [1.807, 2.05) is 6.07 Å². The summed E-state index contributed by atoms with van der Waals surface area (Å²) in [5.74, 6) is 0.529. The van der Waals surface area contributed by atoms with Crippen LogP contribution in [-0.2, 0) is 0 Å². The van der Waals surface area contributed by atoms with Gasteiger partial charge in [0.05, 0.1) is 7.11 Å². The smallest absolute Gasteiger partial charge is 0.165 e. The van der Waals surface area contributed by atoms with Gasteiger partial charge in [0.1, 0.15) is 0 Å². The Morgan fingerprint density at radius 2 is 1.86 bits per heavy atom. The number of methoxy groups -OCH3 is 1. The summed E-state index contributed by atoms with van der Waals surface area (Å²) >= 11 is 0. The third-order valence-electron chi connectivity index (χ3n) is 5.61. The van der Waals surface area contributed by atoms with E-state index in [1.54, 1.807) is 12.1 Å². The molecule has 21 heavy (non-hydrogen) atoms. The summed E-state index contributed by atoms with van der Waals surface area (Å²) in [7, 11) is 1.50. The summed E-state index contributed by atoms with van der Waals surface area (Å²) in [6, 6.07) is 5.53. The molecule has 0 spiro atoms. The molecule has 1 unspecified atom stereocenters. The van der Waals surface area contributed by atoms with Crippen LogP contribution in [0.4, 0.5) is 4.39 Å². The van der Waals surface area contributed by atoms with Crippen molar-refractivity contribution in [3.05, 3.63) is 29.6 Å². The molecule has 2 rings (SSSR count). The van der Waals surface area contributed by atoms with Gasteiger partial charge in [0, 0.05) is 6.04 Å². The molecular formula is C18H28FNO. The van der Waals surface area contributed by atoms with Crippen LogP contribution in [0.25, 0.3) is 0 Å². The van der Waals surface area contributed by atoms with E-state index >= 15 is 0 Å². The molecule has 118 valence electrons. The Morgan fingerprint density at radius 1 is 1.24 bits per heavy atom. The first-order valence-corrected chi connectivity index (χ1v) is 7.84. The summed E-state index contributed by atoms with van der Waals surface area (Å²) in [5, 5.41) is 3.62. The molecule has 1 atom stereocenters.